The van der Waals surface area contributed by atoms with Crippen LogP contribution in [0.3, 0.4) is 0 Å². The molecule has 1 heterocycles. The zero-order valence-electron chi connectivity index (χ0n) is 13.1. The number of anilines is 1. The lowest BCUT2D eigenvalue weighted by molar-refractivity contribution is 0.477. The van der Waals surface area contributed by atoms with Gasteiger partial charge in [-0.05, 0) is 59.0 Å². The Morgan fingerprint density at radius 1 is 1.19 bits per heavy atom. The van der Waals surface area contributed by atoms with Gasteiger partial charge in [-0.3, -0.25) is 4.72 Å². The van der Waals surface area contributed by atoms with Crippen LogP contribution in [0.15, 0.2) is 47.5 Å². The minimum Gasteiger partial charge on any atom is -0.455 e. The van der Waals surface area contributed by atoms with E-state index < -0.39 is 10.0 Å². The van der Waals surface area contributed by atoms with E-state index in [1.54, 1.807) is 18.2 Å². The summed E-state index contributed by atoms with van der Waals surface area (Å²) >= 11 is 14.7. The third-order valence-corrected chi connectivity index (χ3v) is 6.77. The van der Waals surface area contributed by atoms with Crippen molar-refractivity contribution in [3.8, 4) is 17.6 Å². The summed E-state index contributed by atoms with van der Waals surface area (Å²) in [6.07, 6.45) is 1.34. The summed E-state index contributed by atoms with van der Waals surface area (Å²) in [4.78, 5) is 3.76. The molecule has 6 nitrogen and oxygen atoms in total. The first kappa shape index (κ1) is 20.2. The van der Waals surface area contributed by atoms with Gasteiger partial charge in [0.05, 0.1) is 20.2 Å². The lowest BCUT2D eigenvalue weighted by atomic mass is 10.2. The molecule has 3 rings (SSSR count). The first-order valence-electron chi connectivity index (χ1n) is 7.10. The van der Waals surface area contributed by atoms with Crippen LogP contribution in [0, 0.1) is 14.9 Å². The number of nitrogens with one attached hydrogen (secondary N) is 1. The molecule has 27 heavy (non-hydrogen) atoms. The van der Waals surface area contributed by atoms with Crippen molar-refractivity contribution in [3.63, 3.8) is 0 Å². The molecule has 0 aliphatic heterocycles. The summed E-state index contributed by atoms with van der Waals surface area (Å²) in [6, 6.07) is 11.0. The molecule has 138 valence electrons. The van der Waals surface area contributed by atoms with Gasteiger partial charge in [-0.25, -0.2) is 13.4 Å². The maximum absolute atomic E-state index is 12.5. The van der Waals surface area contributed by atoms with Crippen molar-refractivity contribution in [2.24, 2.45) is 0 Å². The summed E-state index contributed by atoms with van der Waals surface area (Å²) in [7, 11) is -3.92. The lowest BCUT2D eigenvalue weighted by Crippen LogP contribution is -2.13. The number of hydrogen-bond donors (Lipinski definition) is 1. The van der Waals surface area contributed by atoms with Gasteiger partial charge >= 0.3 is 0 Å². The fourth-order valence-corrected chi connectivity index (χ4v) is 5.07. The summed E-state index contributed by atoms with van der Waals surface area (Å²) in [6.45, 7) is 0. The first-order valence-corrected chi connectivity index (χ1v) is 11.2. The Morgan fingerprint density at radius 2 is 1.93 bits per heavy atom. The summed E-state index contributed by atoms with van der Waals surface area (Å²) < 4.78 is 34.1. The maximum Gasteiger partial charge on any atom is 0.263 e. The average Bonchev–Trinajstić information content (AvgIpc) is 3.01. The number of aromatic nitrogens is 1. The Balaban J connectivity index is 1.91. The van der Waals surface area contributed by atoms with Gasteiger partial charge in [-0.15, -0.1) is 0 Å². The molecular weight excluding hydrogens is 544 g/mol. The van der Waals surface area contributed by atoms with E-state index in [9.17, 15) is 13.7 Å². The van der Waals surface area contributed by atoms with Gasteiger partial charge in [0, 0.05) is 5.02 Å². The molecule has 0 saturated heterocycles. The van der Waals surface area contributed by atoms with Crippen molar-refractivity contribution < 1.29 is 13.2 Å². The van der Waals surface area contributed by atoms with E-state index in [-0.39, 0.29) is 21.3 Å². The fraction of sp³-hybridized carbons (Fsp3) is 0. The number of sulfonamides is 1. The Kier molecular flexibility index (Phi) is 6.12. The average molecular weight is 552 g/mol. The predicted octanol–water partition coefficient (Wildman–Crippen LogP) is 5.52. The summed E-state index contributed by atoms with van der Waals surface area (Å²) in [5, 5.41) is 10.1. The number of thiazole rings is 1. The summed E-state index contributed by atoms with van der Waals surface area (Å²) in [5.74, 6) is 0.733. The minimum absolute atomic E-state index is 0.0702. The largest absolute Gasteiger partial charge is 0.455 e. The number of benzene rings is 2. The van der Waals surface area contributed by atoms with Crippen LogP contribution in [0.4, 0.5) is 5.13 Å². The Morgan fingerprint density at radius 3 is 2.56 bits per heavy atom. The lowest BCUT2D eigenvalue weighted by Gasteiger charge is -2.11. The molecule has 0 bridgehead atoms. The molecule has 0 aliphatic rings. The SMILES string of the molecule is N#Cc1cc(S(=O)(=O)Nc2ncc(Cl)s2)ccc1Oc1ccc(Cl)cc1I. The number of rotatable bonds is 5. The fourth-order valence-electron chi connectivity index (χ4n) is 2.00. The molecule has 0 atom stereocenters. The van der Waals surface area contributed by atoms with Crippen molar-refractivity contribution >= 4 is 72.3 Å². The van der Waals surface area contributed by atoms with Crippen molar-refractivity contribution in [1.82, 2.24) is 4.98 Å². The molecule has 0 spiro atoms. The van der Waals surface area contributed by atoms with E-state index in [2.05, 4.69) is 32.3 Å². The van der Waals surface area contributed by atoms with Gasteiger partial charge in [0.15, 0.2) is 5.13 Å². The van der Waals surface area contributed by atoms with Crippen LogP contribution >= 0.6 is 57.1 Å². The molecule has 0 unspecified atom stereocenters. The smallest absolute Gasteiger partial charge is 0.263 e. The number of nitrogens with zero attached hydrogens (tertiary/aromatic N) is 2. The van der Waals surface area contributed by atoms with Gasteiger partial charge in [0.2, 0.25) is 0 Å². The molecule has 2 aromatic carbocycles. The molecule has 3 aromatic rings. The molecule has 0 saturated carbocycles. The van der Waals surface area contributed by atoms with Crippen LogP contribution in [-0.2, 0) is 10.0 Å². The number of ether oxygens (including phenoxy) is 1. The van der Waals surface area contributed by atoms with Gasteiger partial charge < -0.3 is 4.74 Å². The van der Waals surface area contributed by atoms with Gasteiger partial charge in [0.25, 0.3) is 10.0 Å². The van der Waals surface area contributed by atoms with Gasteiger partial charge in [-0.2, -0.15) is 5.26 Å². The second-order valence-electron chi connectivity index (χ2n) is 5.02. The van der Waals surface area contributed by atoms with Crippen molar-refractivity contribution in [2.75, 3.05) is 4.72 Å². The summed E-state index contributed by atoms with van der Waals surface area (Å²) in [5.41, 5.74) is 0.0702. The third kappa shape index (κ3) is 4.83. The second kappa shape index (κ2) is 8.20. The van der Waals surface area contributed by atoms with E-state index in [1.165, 1.54) is 24.4 Å². The van der Waals surface area contributed by atoms with Gasteiger partial charge in [-0.1, -0.05) is 34.5 Å². The Labute approximate surface area is 182 Å². The highest BCUT2D eigenvalue weighted by Crippen LogP contribution is 2.32. The third-order valence-electron chi connectivity index (χ3n) is 3.19. The zero-order chi connectivity index (χ0) is 19.6. The Hall–Kier alpha value is -1.58. The maximum atomic E-state index is 12.5. The van der Waals surface area contributed by atoms with E-state index in [1.807, 2.05) is 6.07 Å². The van der Waals surface area contributed by atoms with Crippen molar-refractivity contribution in [3.05, 3.63) is 61.1 Å². The predicted molar refractivity (Wildman–Crippen MR) is 113 cm³/mol. The quantitative estimate of drug-likeness (QED) is 0.421. The van der Waals surface area contributed by atoms with E-state index in [4.69, 9.17) is 27.9 Å². The van der Waals surface area contributed by atoms with E-state index >= 15 is 0 Å². The van der Waals surface area contributed by atoms with Crippen LogP contribution in [0.2, 0.25) is 9.36 Å². The molecule has 1 aromatic heterocycles. The standard InChI is InChI=1S/C16H8Cl2IN3O3S2/c17-10-1-3-14(12(19)6-10)25-13-4-2-11(5-9(13)7-20)27(23,24)22-16-21-8-15(18)26-16/h1-6,8H,(H,21,22). The van der Waals surface area contributed by atoms with Gasteiger partial charge in [0.1, 0.15) is 21.9 Å². The molecule has 0 amide bonds. The number of hydrogen-bond acceptors (Lipinski definition) is 6. The zero-order valence-corrected chi connectivity index (χ0v) is 18.4. The molecular formula is C16H8Cl2IN3O3S2. The molecule has 11 heteroatoms. The molecule has 0 fully saturated rings. The normalized spacial score (nSPS) is 11.0. The van der Waals surface area contributed by atoms with Crippen LogP contribution in [-0.4, -0.2) is 13.4 Å². The highest BCUT2D eigenvalue weighted by atomic mass is 127. The molecule has 0 radical (unpaired) electrons. The molecule has 1 N–H and O–H groups in total. The minimum atomic E-state index is -3.92. The Bertz CT molecular complexity index is 1160. The number of halogens is 3. The van der Waals surface area contributed by atoms with Crippen LogP contribution < -0.4 is 9.46 Å². The van der Waals surface area contributed by atoms with E-state index in [0.717, 1.165) is 14.9 Å². The topological polar surface area (TPSA) is 92.1 Å². The second-order valence-corrected chi connectivity index (χ2v) is 9.96. The first-order chi connectivity index (χ1) is 12.8. The number of nitriles is 1. The van der Waals surface area contributed by atoms with Crippen LogP contribution in [0.1, 0.15) is 5.56 Å². The molecule has 0 aliphatic carbocycles. The highest BCUT2D eigenvalue weighted by molar-refractivity contribution is 14.1. The van der Waals surface area contributed by atoms with Crippen LogP contribution in [0.5, 0.6) is 11.5 Å². The van der Waals surface area contributed by atoms with Crippen molar-refractivity contribution in [1.29, 1.82) is 5.26 Å². The highest BCUT2D eigenvalue weighted by Gasteiger charge is 2.19. The van der Waals surface area contributed by atoms with E-state index in [0.29, 0.717) is 15.1 Å². The van der Waals surface area contributed by atoms with Crippen molar-refractivity contribution in [2.45, 2.75) is 4.90 Å². The van der Waals surface area contributed by atoms with Crippen LogP contribution in [0.25, 0.3) is 0 Å². The monoisotopic (exact) mass is 551 g/mol.